The van der Waals surface area contributed by atoms with Crippen molar-refractivity contribution < 1.29 is 9.90 Å². The number of phenols is 1. The quantitative estimate of drug-likeness (QED) is 0.139. The Kier molecular flexibility index (Phi) is 16.7. The van der Waals surface area contributed by atoms with Gasteiger partial charge in [0, 0.05) is 23.7 Å². The number of benzene rings is 1. The van der Waals surface area contributed by atoms with Crippen LogP contribution in [0, 0.1) is 0 Å². The summed E-state index contributed by atoms with van der Waals surface area (Å²) in [5.41, 5.74) is 2.43. The highest BCUT2D eigenvalue weighted by Gasteiger charge is 2.26. The van der Waals surface area contributed by atoms with Crippen LogP contribution in [-0.4, -0.2) is 17.6 Å². The third-order valence-corrected chi connectivity index (χ3v) is 7.50. The van der Waals surface area contributed by atoms with Crippen molar-refractivity contribution in [1.29, 1.82) is 0 Å². The maximum absolute atomic E-state index is 12.4. The fraction of sp³-hybridized carbons (Fsp3) is 0.743. The van der Waals surface area contributed by atoms with Crippen LogP contribution in [0.3, 0.4) is 0 Å². The van der Waals surface area contributed by atoms with Gasteiger partial charge in [0.15, 0.2) is 0 Å². The Morgan fingerprint density at radius 3 is 1.42 bits per heavy atom. The fourth-order valence-electron chi connectivity index (χ4n) is 5.01. The average molecular weight is 528 g/mol. The zero-order valence-electron chi connectivity index (χ0n) is 26.2. The van der Waals surface area contributed by atoms with Crippen LogP contribution < -0.4 is 5.32 Å². The highest BCUT2D eigenvalue weighted by Crippen LogP contribution is 2.40. The van der Waals surface area contributed by atoms with Crippen LogP contribution in [0.5, 0.6) is 5.75 Å². The standard InChI is InChI=1S/C35H61NO2/c1-8-9-10-11-12-13-14-15-16-17-18-19-20-21-22-23-26-36-32(37)25-24-29-27-30(34(2,3)4)33(38)31(28-29)35(5,6)7/h24-25,27-28,38H,8-23,26H2,1-7H3,(H,36,37). The van der Waals surface area contributed by atoms with Crippen LogP contribution in [0.2, 0.25) is 0 Å². The minimum absolute atomic E-state index is 0.0475. The molecule has 0 spiro atoms. The molecule has 0 atom stereocenters. The third kappa shape index (κ3) is 15.0. The molecule has 1 aromatic rings. The molecule has 218 valence electrons. The number of carbonyl (C=O) groups excluding carboxylic acids is 1. The topological polar surface area (TPSA) is 49.3 Å². The number of rotatable bonds is 19. The molecule has 1 rings (SSSR count). The van der Waals surface area contributed by atoms with Crippen LogP contribution in [-0.2, 0) is 15.6 Å². The third-order valence-electron chi connectivity index (χ3n) is 7.50. The van der Waals surface area contributed by atoms with Crippen molar-refractivity contribution in [2.75, 3.05) is 6.54 Å². The van der Waals surface area contributed by atoms with Crippen LogP contribution in [0.25, 0.3) is 6.08 Å². The summed E-state index contributed by atoms with van der Waals surface area (Å²) in [5, 5.41) is 13.9. The van der Waals surface area contributed by atoms with Crippen LogP contribution in [0.4, 0.5) is 0 Å². The molecule has 0 bridgehead atoms. The van der Waals surface area contributed by atoms with E-state index in [0.717, 1.165) is 29.7 Å². The molecule has 38 heavy (non-hydrogen) atoms. The molecule has 1 aromatic carbocycles. The lowest BCUT2D eigenvalue weighted by Crippen LogP contribution is -2.22. The normalized spacial score (nSPS) is 12.4. The van der Waals surface area contributed by atoms with E-state index in [1.165, 1.54) is 96.3 Å². The molecular weight excluding hydrogens is 466 g/mol. The first-order chi connectivity index (χ1) is 18.0. The first kappa shape index (κ1) is 34.3. The molecular formula is C35H61NO2. The van der Waals surface area contributed by atoms with Gasteiger partial charge >= 0.3 is 0 Å². The van der Waals surface area contributed by atoms with Crippen molar-refractivity contribution in [3.8, 4) is 5.75 Å². The molecule has 0 aliphatic heterocycles. The van der Waals surface area contributed by atoms with Gasteiger partial charge in [-0.15, -0.1) is 0 Å². The number of hydrogen-bond donors (Lipinski definition) is 2. The summed E-state index contributed by atoms with van der Waals surface area (Å²) in [6.45, 7) is 15.6. The highest BCUT2D eigenvalue weighted by molar-refractivity contribution is 5.91. The van der Waals surface area contributed by atoms with E-state index in [-0.39, 0.29) is 16.7 Å². The van der Waals surface area contributed by atoms with E-state index >= 15 is 0 Å². The van der Waals surface area contributed by atoms with E-state index in [1.807, 2.05) is 18.2 Å². The predicted molar refractivity (Wildman–Crippen MR) is 167 cm³/mol. The molecule has 0 aliphatic carbocycles. The first-order valence-corrected chi connectivity index (χ1v) is 15.8. The number of carbonyl (C=O) groups is 1. The molecule has 0 aromatic heterocycles. The Bertz CT molecular complexity index is 775. The van der Waals surface area contributed by atoms with Gasteiger partial charge in [-0.25, -0.2) is 0 Å². The minimum atomic E-state index is -0.177. The van der Waals surface area contributed by atoms with Crippen molar-refractivity contribution in [3.05, 3.63) is 34.9 Å². The second-order valence-corrected chi connectivity index (χ2v) is 13.4. The van der Waals surface area contributed by atoms with Gasteiger partial charge in [-0.1, -0.05) is 145 Å². The number of aromatic hydroxyl groups is 1. The van der Waals surface area contributed by atoms with Crippen LogP contribution >= 0.6 is 0 Å². The van der Waals surface area contributed by atoms with E-state index in [9.17, 15) is 9.90 Å². The summed E-state index contributed by atoms with van der Waals surface area (Å²) in [6, 6.07) is 4.01. The first-order valence-electron chi connectivity index (χ1n) is 15.8. The second kappa shape index (κ2) is 18.5. The van der Waals surface area contributed by atoms with Crippen molar-refractivity contribution >= 4 is 12.0 Å². The molecule has 0 radical (unpaired) electrons. The second-order valence-electron chi connectivity index (χ2n) is 13.4. The highest BCUT2D eigenvalue weighted by atomic mass is 16.3. The summed E-state index contributed by atoms with van der Waals surface area (Å²) >= 11 is 0. The van der Waals surface area contributed by atoms with Crippen molar-refractivity contribution in [3.63, 3.8) is 0 Å². The Hall–Kier alpha value is -1.77. The Labute approximate surface area is 236 Å². The molecule has 0 fully saturated rings. The lowest BCUT2D eigenvalue weighted by atomic mass is 9.78. The summed E-state index contributed by atoms with van der Waals surface area (Å²) in [6.07, 6.45) is 25.2. The van der Waals surface area contributed by atoms with Crippen molar-refractivity contribution in [1.82, 2.24) is 5.32 Å². The molecule has 0 saturated carbocycles. The van der Waals surface area contributed by atoms with Gasteiger partial charge in [0.1, 0.15) is 5.75 Å². The monoisotopic (exact) mass is 527 g/mol. The van der Waals surface area contributed by atoms with E-state index in [0.29, 0.717) is 5.75 Å². The minimum Gasteiger partial charge on any atom is -0.507 e. The average Bonchev–Trinajstić information content (AvgIpc) is 2.83. The largest absolute Gasteiger partial charge is 0.507 e. The molecule has 0 heterocycles. The molecule has 0 saturated heterocycles. The number of hydrogen-bond acceptors (Lipinski definition) is 2. The zero-order valence-corrected chi connectivity index (χ0v) is 26.2. The number of nitrogens with one attached hydrogen (secondary N) is 1. The number of phenolic OH excluding ortho intramolecular Hbond substituents is 1. The van der Waals surface area contributed by atoms with Crippen LogP contribution in [0.15, 0.2) is 18.2 Å². The van der Waals surface area contributed by atoms with Crippen molar-refractivity contribution in [2.45, 2.75) is 162 Å². The predicted octanol–water partition coefficient (Wildman–Crippen LogP) is 10.4. The lowest BCUT2D eigenvalue weighted by Gasteiger charge is -2.27. The Morgan fingerprint density at radius 1 is 0.684 bits per heavy atom. The van der Waals surface area contributed by atoms with Gasteiger partial charge in [0.2, 0.25) is 5.91 Å². The molecule has 2 N–H and O–H groups in total. The van der Waals surface area contributed by atoms with Gasteiger partial charge in [-0.3, -0.25) is 4.79 Å². The van der Waals surface area contributed by atoms with E-state index in [1.54, 1.807) is 6.08 Å². The van der Waals surface area contributed by atoms with Crippen LogP contribution in [0.1, 0.15) is 168 Å². The smallest absolute Gasteiger partial charge is 0.243 e. The maximum atomic E-state index is 12.4. The van der Waals surface area contributed by atoms with E-state index < -0.39 is 0 Å². The molecule has 1 amide bonds. The molecule has 3 nitrogen and oxygen atoms in total. The van der Waals surface area contributed by atoms with Crippen molar-refractivity contribution in [2.24, 2.45) is 0 Å². The number of unbranched alkanes of at least 4 members (excludes halogenated alkanes) is 15. The molecule has 3 heteroatoms. The van der Waals surface area contributed by atoms with Gasteiger partial charge < -0.3 is 10.4 Å². The van der Waals surface area contributed by atoms with E-state index in [2.05, 4.69) is 53.8 Å². The Morgan fingerprint density at radius 2 is 1.05 bits per heavy atom. The van der Waals surface area contributed by atoms with Gasteiger partial charge in [-0.05, 0) is 41.0 Å². The fourth-order valence-corrected chi connectivity index (χ4v) is 5.01. The number of amides is 1. The lowest BCUT2D eigenvalue weighted by molar-refractivity contribution is -0.116. The summed E-state index contributed by atoms with van der Waals surface area (Å²) in [5.74, 6) is 0.323. The molecule has 0 aliphatic rings. The van der Waals surface area contributed by atoms with Gasteiger partial charge in [0.05, 0.1) is 0 Å². The summed E-state index contributed by atoms with van der Waals surface area (Å²) in [4.78, 5) is 12.4. The molecule has 0 unspecified atom stereocenters. The zero-order chi connectivity index (χ0) is 28.4. The van der Waals surface area contributed by atoms with Gasteiger partial charge in [0.25, 0.3) is 0 Å². The maximum Gasteiger partial charge on any atom is 0.243 e. The Balaban J connectivity index is 2.19. The van der Waals surface area contributed by atoms with E-state index in [4.69, 9.17) is 0 Å². The summed E-state index contributed by atoms with van der Waals surface area (Å²) < 4.78 is 0. The SMILES string of the molecule is CCCCCCCCCCCCCCCCCCNC(=O)C=Cc1cc(C(C)(C)C)c(O)c(C(C)(C)C)c1. The summed E-state index contributed by atoms with van der Waals surface area (Å²) in [7, 11) is 0. The van der Waals surface area contributed by atoms with Gasteiger partial charge in [-0.2, -0.15) is 0 Å².